The summed E-state index contributed by atoms with van der Waals surface area (Å²) in [6.07, 6.45) is -0.777. The quantitative estimate of drug-likeness (QED) is 0.187. The average Bonchev–Trinajstić information content (AvgIpc) is 2.85. The normalized spacial score (nSPS) is 25.5. The molecule has 0 saturated carbocycles. The van der Waals surface area contributed by atoms with Crippen molar-refractivity contribution in [2.75, 3.05) is 26.9 Å². The Hall–Kier alpha value is -1.90. The molecule has 2 aliphatic rings. The highest BCUT2D eigenvalue weighted by atomic mass is 32.2. The van der Waals surface area contributed by atoms with Crippen LogP contribution in [0.5, 0.6) is 0 Å². The number of hydrogen-bond acceptors (Lipinski definition) is 9. The van der Waals surface area contributed by atoms with E-state index < -0.39 is 59.3 Å². The summed E-state index contributed by atoms with van der Waals surface area (Å²) in [5, 5.41) is 11.7. The number of ether oxygens (including phenoxy) is 3. The molecule has 3 rings (SSSR count). The first-order chi connectivity index (χ1) is 17.8. The van der Waals surface area contributed by atoms with E-state index in [1.54, 1.807) is 0 Å². The molecule has 11 nitrogen and oxygen atoms in total. The van der Waals surface area contributed by atoms with Crippen LogP contribution in [0.1, 0.15) is 47.0 Å². The van der Waals surface area contributed by atoms with Gasteiger partial charge in [0.25, 0.3) is 5.69 Å². The van der Waals surface area contributed by atoms with Gasteiger partial charge < -0.3 is 18.6 Å². The minimum Gasteiger partial charge on any atom is -0.469 e. The lowest BCUT2D eigenvalue weighted by atomic mass is 9.96. The zero-order valence-electron chi connectivity index (χ0n) is 23.0. The Morgan fingerprint density at radius 2 is 1.84 bits per heavy atom. The van der Waals surface area contributed by atoms with Gasteiger partial charge in [-0.1, -0.05) is 39.8 Å². The van der Waals surface area contributed by atoms with Crippen LogP contribution < -0.4 is 0 Å². The topological polar surface area (TPSA) is 135 Å². The maximum Gasteiger partial charge on any atom is 0.308 e. The molecule has 0 amide bonds. The van der Waals surface area contributed by atoms with Crippen molar-refractivity contribution < 1.29 is 36.8 Å². The number of para-hydroxylation sites is 1. The summed E-state index contributed by atoms with van der Waals surface area (Å²) in [5.41, 5.74) is 0.0693. The maximum atomic E-state index is 14.1. The van der Waals surface area contributed by atoms with Crippen LogP contribution in [0, 0.1) is 10.1 Å². The number of rotatable bonds is 9. The predicted octanol–water partition coefficient (Wildman–Crippen LogP) is 3.88. The van der Waals surface area contributed by atoms with Gasteiger partial charge in [0.1, 0.15) is 0 Å². The van der Waals surface area contributed by atoms with Crippen molar-refractivity contribution in [3.05, 3.63) is 34.4 Å². The summed E-state index contributed by atoms with van der Waals surface area (Å²) >= 11 is 0. The Morgan fingerprint density at radius 1 is 1.18 bits per heavy atom. The third-order valence-corrected chi connectivity index (χ3v) is 15.3. The van der Waals surface area contributed by atoms with Crippen LogP contribution in [0.3, 0.4) is 0 Å². The Labute approximate surface area is 226 Å². The number of carbonyl (C=O) groups excluding carboxylic acids is 1. The molecular formula is C25H40N2O9SSi. The second-order valence-corrected chi connectivity index (χ2v) is 17.6. The molecule has 13 heteroatoms. The summed E-state index contributed by atoms with van der Waals surface area (Å²) in [5.74, 6) is -0.412. The van der Waals surface area contributed by atoms with Crippen LogP contribution in [0.15, 0.2) is 29.2 Å². The molecule has 2 fully saturated rings. The fraction of sp³-hybridized carbons (Fsp3) is 0.720. The van der Waals surface area contributed by atoms with E-state index >= 15 is 0 Å². The molecule has 2 heterocycles. The van der Waals surface area contributed by atoms with Gasteiger partial charge in [0.2, 0.25) is 10.0 Å². The van der Waals surface area contributed by atoms with Crippen molar-refractivity contribution in [1.82, 2.24) is 4.31 Å². The Morgan fingerprint density at radius 3 is 2.45 bits per heavy atom. The van der Waals surface area contributed by atoms with Crippen LogP contribution >= 0.6 is 0 Å². The molecule has 0 aliphatic carbocycles. The molecule has 0 bridgehead atoms. The highest BCUT2D eigenvalue weighted by molar-refractivity contribution is 7.89. The maximum absolute atomic E-state index is 14.1. The molecule has 0 radical (unpaired) electrons. The van der Waals surface area contributed by atoms with Crippen molar-refractivity contribution >= 4 is 30.0 Å². The van der Waals surface area contributed by atoms with E-state index in [2.05, 4.69) is 34.2 Å². The number of carbonyl (C=O) groups is 1. The third-order valence-electron chi connectivity index (χ3n) is 7.90. The van der Waals surface area contributed by atoms with Crippen LogP contribution in [0.4, 0.5) is 5.69 Å². The van der Waals surface area contributed by atoms with E-state index in [-0.39, 0.29) is 42.2 Å². The number of nitrogens with zero attached hydrogens (tertiary/aromatic N) is 2. The monoisotopic (exact) mass is 572 g/mol. The van der Waals surface area contributed by atoms with Crippen molar-refractivity contribution in [1.29, 1.82) is 0 Å². The largest absolute Gasteiger partial charge is 0.469 e. The average molecular weight is 573 g/mol. The number of methoxy groups -OCH3 is 1. The van der Waals surface area contributed by atoms with Gasteiger partial charge in [0, 0.05) is 12.6 Å². The first kappa shape index (κ1) is 30.6. The number of nitro benzene ring substituents is 1. The fourth-order valence-electron chi connectivity index (χ4n) is 5.15. The van der Waals surface area contributed by atoms with Gasteiger partial charge in [0.15, 0.2) is 13.2 Å². The van der Waals surface area contributed by atoms with Crippen molar-refractivity contribution in [2.24, 2.45) is 0 Å². The fourth-order valence-corrected chi connectivity index (χ4v) is 9.76. The first-order valence-corrected chi connectivity index (χ1v) is 17.0. The Bertz CT molecular complexity index is 1090. The molecule has 1 aromatic rings. The zero-order valence-corrected chi connectivity index (χ0v) is 24.8. The highest BCUT2D eigenvalue weighted by Crippen LogP contribution is 2.37. The van der Waals surface area contributed by atoms with Crippen molar-refractivity contribution in [3.63, 3.8) is 0 Å². The number of esters is 1. The molecule has 2 aliphatic heterocycles. The SMILES string of the molecule is COC(=O)CC1CCC2C(COCC(O[Si](C)(C(C)C)C(C)C)CN2S(=O)(=O)c2ccccc2[N+](=O)[O-])O1. The van der Waals surface area contributed by atoms with E-state index in [0.29, 0.717) is 12.8 Å². The van der Waals surface area contributed by atoms with Crippen LogP contribution in [0.25, 0.3) is 0 Å². The lowest BCUT2D eigenvalue weighted by Gasteiger charge is -2.46. The molecule has 214 valence electrons. The minimum atomic E-state index is -4.32. The van der Waals surface area contributed by atoms with E-state index in [9.17, 15) is 23.3 Å². The zero-order chi connectivity index (χ0) is 28.3. The van der Waals surface area contributed by atoms with Gasteiger partial charge in [-0.05, 0) is 36.5 Å². The van der Waals surface area contributed by atoms with Crippen LogP contribution in [-0.4, -0.2) is 83.2 Å². The lowest BCUT2D eigenvalue weighted by molar-refractivity contribution is -0.387. The van der Waals surface area contributed by atoms with Crippen LogP contribution in [0.2, 0.25) is 17.6 Å². The van der Waals surface area contributed by atoms with E-state index in [1.165, 1.54) is 35.7 Å². The van der Waals surface area contributed by atoms with Gasteiger partial charge >= 0.3 is 5.97 Å². The number of fused-ring (bicyclic) bond motifs is 1. The second kappa shape index (κ2) is 12.5. The molecule has 38 heavy (non-hydrogen) atoms. The molecule has 4 atom stereocenters. The number of benzene rings is 1. The molecule has 2 saturated heterocycles. The number of hydrogen-bond donors (Lipinski definition) is 0. The van der Waals surface area contributed by atoms with E-state index in [4.69, 9.17) is 18.6 Å². The third kappa shape index (κ3) is 6.62. The summed E-state index contributed by atoms with van der Waals surface area (Å²) in [6.45, 7) is 10.8. The van der Waals surface area contributed by atoms with Crippen molar-refractivity contribution in [2.45, 2.75) is 93.8 Å². The number of sulfonamides is 1. The molecule has 4 unspecified atom stereocenters. The van der Waals surface area contributed by atoms with Gasteiger partial charge in [-0.3, -0.25) is 14.9 Å². The molecule has 0 spiro atoms. The lowest BCUT2D eigenvalue weighted by Crippen LogP contribution is -2.59. The standard InChI is InChI=1S/C25H40N2O9SSi/c1-17(2)38(6,18(3)4)36-20-14-26(37(31,32)24-10-8-7-9-22(24)27(29)30)21-12-11-19(13-25(28)33-5)35-23(21)16-34-15-20/h7-10,17-21,23H,11-16H2,1-6H3. The van der Waals surface area contributed by atoms with Gasteiger partial charge in [0.05, 0.1) is 56.0 Å². The Kier molecular flexibility index (Phi) is 10.1. The molecule has 1 aromatic carbocycles. The highest BCUT2D eigenvalue weighted by Gasteiger charge is 2.47. The Balaban J connectivity index is 2.01. The summed E-state index contributed by atoms with van der Waals surface area (Å²) in [7, 11) is -5.31. The molecule has 0 N–H and O–H groups in total. The van der Waals surface area contributed by atoms with E-state index in [0.717, 1.165) is 0 Å². The molecular weight excluding hydrogens is 532 g/mol. The summed E-state index contributed by atoms with van der Waals surface area (Å²) in [6, 6.07) is 4.72. The summed E-state index contributed by atoms with van der Waals surface area (Å²) < 4.78 is 53.2. The van der Waals surface area contributed by atoms with Crippen LogP contribution in [-0.2, 0) is 33.5 Å². The van der Waals surface area contributed by atoms with Gasteiger partial charge in [-0.15, -0.1) is 0 Å². The van der Waals surface area contributed by atoms with Crippen molar-refractivity contribution in [3.8, 4) is 0 Å². The van der Waals surface area contributed by atoms with Gasteiger partial charge in [-0.25, -0.2) is 8.42 Å². The number of nitro groups is 1. The molecule has 0 aromatic heterocycles. The minimum absolute atomic E-state index is 0.0252. The first-order valence-electron chi connectivity index (χ1n) is 13.0. The smallest absolute Gasteiger partial charge is 0.308 e. The van der Waals surface area contributed by atoms with Gasteiger partial charge in [-0.2, -0.15) is 4.31 Å². The predicted molar refractivity (Wildman–Crippen MR) is 143 cm³/mol. The van der Waals surface area contributed by atoms with E-state index in [1.807, 2.05) is 0 Å². The second-order valence-electron chi connectivity index (χ2n) is 10.8. The summed E-state index contributed by atoms with van der Waals surface area (Å²) in [4.78, 5) is 22.5.